The zero-order chi connectivity index (χ0) is 16.8. The Kier molecular flexibility index (Phi) is 8.15. The number of benzene rings is 1. The van der Waals surface area contributed by atoms with E-state index in [1.165, 1.54) is 45.8 Å². The summed E-state index contributed by atoms with van der Waals surface area (Å²) in [7, 11) is 0. The topological polar surface area (TPSA) is 49.3 Å². The molecule has 1 aromatic heterocycles. The number of aliphatic imine (C=N–C) groups is 1. The largest absolute Gasteiger partial charge is 0.357 e. The third kappa shape index (κ3) is 5.95. The average Bonchev–Trinajstić information content (AvgIpc) is 3.20. The molecule has 25 heavy (non-hydrogen) atoms. The Morgan fingerprint density at radius 2 is 2.08 bits per heavy atom. The molecule has 1 aromatic carbocycles. The molecular weight excluding hydrogens is 443 g/mol. The summed E-state index contributed by atoms with van der Waals surface area (Å²) >= 11 is 1.76. The van der Waals surface area contributed by atoms with Crippen molar-refractivity contribution in [3.63, 3.8) is 0 Å². The molecule has 0 spiro atoms. The second-order valence-electron chi connectivity index (χ2n) is 6.19. The summed E-state index contributed by atoms with van der Waals surface area (Å²) in [5, 5.41) is 7.90. The number of rotatable bonds is 6. The SMILES string of the molecule is CCNC(=NCc1ccc2c(c1)CCC2)NCCc1ncc(C)s1.I. The van der Waals surface area contributed by atoms with E-state index in [1.54, 1.807) is 11.3 Å². The van der Waals surface area contributed by atoms with E-state index in [0.29, 0.717) is 0 Å². The molecule has 0 amide bonds. The molecule has 3 rings (SSSR count). The average molecular weight is 470 g/mol. The van der Waals surface area contributed by atoms with Crippen LogP contribution in [0.15, 0.2) is 29.4 Å². The number of hydrogen-bond donors (Lipinski definition) is 2. The number of thiazole rings is 1. The number of guanidine groups is 1. The van der Waals surface area contributed by atoms with Gasteiger partial charge in [0.2, 0.25) is 0 Å². The van der Waals surface area contributed by atoms with Gasteiger partial charge in [0.15, 0.2) is 5.96 Å². The summed E-state index contributed by atoms with van der Waals surface area (Å²) in [6, 6.07) is 6.82. The highest BCUT2D eigenvalue weighted by Gasteiger charge is 2.10. The van der Waals surface area contributed by atoms with Gasteiger partial charge < -0.3 is 10.6 Å². The Hall–Kier alpha value is -1.15. The van der Waals surface area contributed by atoms with E-state index in [2.05, 4.69) is 47.7 Å². The van der Waals surface area contributed by atoms with Crippen LogP contribution in [-0.4, -0.2) is 24.0 Å². The van der Waals surface area contributed by atoms with E-state index in [0.717, 1.165) is 32.0 Å². The highest BCUT2D eigenvalue weighted by Crippen LogP contribution is 2.23. The van der Waals surface area contributed by atoms with E-state index >= 15 is 0 Å². The predicted molar refractivity (Wildman–Crippen MR) is 117 cm³/mol. The van der Waals surface area contributed by atoms with Gasteiger partial charge in [-0.15, -0.1) is 35.3 Å². The number of aromatic nitrogens is 1. The van der Waals surface area contributed by atoms with Crippen molar-refractivity contribution < 1.29 is 0 Å². The van der Waals surface area contributed by atoms with Gasteiger partial charge in [0.25, 0.3) is 0 Å². The predicted octanol–water partition coefficient (Wildman–Crippen LogP) is 3.86. The molecule has 0 fully saturated rings. The highest BCUT2D eigenvalue weighted by atomic mass is 127. The number of halogens is 1. The first-order chi connectivity index (χ1) is 11.7. The lowest BCUT2D eigenvalue weighted by molar-refractivity contribution is 0.796. The van der Waals surface area contributed by atoms with E-state index in [9.17, 15) is 0 Å². The molecule has 0 saturated heterocycles. The second kappa shape index (κ2) is 10.1. The fourth-order valence-corrected chi connectivity index (χ4v) is 3.83. The third-order valence-corrected chi connectivity index (χ3v) is 5.20. The Morgan fingerprint density at radius 1 is 1.24 bits per heavy atom. The standard InChI is InChI=1S/C19H26N4S.HI/c1-3-20-19(21-10-9-18-22-12-14(2)24-18)23-13-15-7-8-16-5-4-6-17(16)11-15;/h7-8,11-12H,3-6,9-10,13H2,1-2H3,(H2,20,21,23);1H. The van der Waals surface area contributed by atoms with E-state index in [4.69, 9.17) is 4.99 Å². The summed E-state index contributed by atoms with van der Waals surface area (Å²) < 4.78 is 0. The molecule has 2 aromatic rings. The summed E-state index contributed by atoms with van der Waals surface area (Å²) in [4.78, 5) is 10.4. The zero-order valence-corrected chi connectivity index (χ0v) is 18.1. The minimum absolute atomic E-state index is 0. The number of nitrogens with one attached hydrogen (secondary N) is 2. The van der Waals surface area contributed by atoms with Crippen molar-refractivity contribution in [2.24, 2.45) is 4.99 Å². The van der Waals surface area contributed by atoms with Crippen molar-refractivity contribution in [2.75, 3.05) is 13.1 Å². The molecule has 136 valence electrons. The molecular formula is C19H27IN4S. The van der Waals surface area contributed by atoms with E-state index in [-0.39, 0.29) is 24.0 Å². The maximum atomic E-state index is 4.72. The molecule has 4 nitrogen and oxygen atoms in total. The summed E-state index contributed by atoms with van der Waals surface area (Å²) in [5.41, 5.74) is 4.33. The van der Waals surface area contributed by atoms with Crippen LogP contribution in [0.25, 0.3) is 0 Å². The molecule has 0 aliphatic heterocycles. The van der Waals surface area contributed by atoms with Crippen LogP contribution in [0.5, 0.6) is 0 Å². The van der Waals surface area contributed by atoms with Crippen molar-refractivity contribution in [3.8, 4) is 0 Å². The normalized spacial score (nSPS) is 13.3. The maximum absolute atomic E-state index is 4.72. The molecule has 1 aliphatic rings. The van der Waals surface area contributed by atoms with Gasteiger partial charge in [-0.1, -0.05) is 18.2 Å². The fraction of sp³-hybridized carbons (Fsp3) is 0.474. The van der Waals surface area contributed by atoms with E-state index in [1.807, 2.05) is 6.20 Å². The molecule has 6 heteroatoms. The summed E-state index contributed by atoms with van der Waals surface area (Å²) in [6.07, 6.45) is 6.62. The lowest BCUT2D eigenvalue weighted by atomic mass is 10.1. The van der Waals surface area contributed by atoms with Gasteiger partial charge in [0.05, 0.1) is 11.6 Å². The molecule has 0 saturated carbocycles. The molecule has 0 bridgehead atoms. The van der Waals surface area contributed by atoms with Crippen LogP contribution in [0.2, 0.25) is 0 Å². The molecule has 1 aliphatic carbocycles. The van der Waals surface area contributed by atoms with Crippen LogP contribution in [0.1, 0.15) is 39.9 Å². The number of aryl methyl sites for hydroxylation is 3. The molecule has 1 heterocycles. The molecule has 0 radical (unpaired) electrons. The monoisotopic (exact) mass is 470 g/mol. The number of hydrogen-bond acceptors (Lipinski definition) is 3. The van der Waals surface area contributed by atoms with Crippen molar-refractivity contribution >= 4 is 41.3 Å². The maximum Gasteiger partial charge on any atom is 0.191 e. The first-order valence-corrected chi connectivity index (χ1v) is 9.60. The van der Waals surface area contributed by atoms with Crippen LogP contribution < -0.4 is 10.6 Å². The molecule has 2 N–H and O–H groups in total. The van der Waals surface area contributed by atoms with Crippen LogP contribution in [-0.2, 0) is 25.8 Å². The van der Waals surface area contributed by atoms with Gasteiger partial charge in [0, 0.05) is 30.6 Å². The zero-order valence-electron chi connectivity index (χ0n) is 15.0. The van der Waals surface area contributed by atoms with Crippen molar-refractivity contribution in [3.05, 3.63) is 51.0 Å². The Bertz CT molecular complexity index is 711. The lowest BCUT2D eigenvalue weighted by Crippen LogP contribution is -2.38. The van der Waals surface area contributed by atoms with Gasteiger partial charge in [-0.2, -0.15) is 0 Å². The Labute approximate surface area is 171 Å². The van der Waals surface area contributed by atoms with Gasteiger partial charge in [-0.25, -0.2) is 9.98 Å². The number of nitrogens with zero attached hydrogens (tertiary/aromatic N) is 2. The fourth-order valence-electron chi connectivity index (χ4n) is 3.04. The highest BCUT2D eigenvalue weighted by molar-refractivity contribution is 14.0. The Balaban J connectivity index is 0.00000225. The quantitative estimate of drug-likeness (QED) is 0.383. The van der Waals surface area contributed by atoms with Crippen molar-refractivity contribution in [2.45, 2.75) is 46.1 Å². The van der Waals surface area contributed by atoms with Gasteiger partial charge >= 0.3 is 0 Å². The lowest BCUT2D eigenvalue weighted by Gasteiger charge is -2.11. The van der Waals surface area contributed by atoms with Gasteiger partial charge in [-0.05, 0) is 49.8 Å². The second-order valence-corrected chi connectivity index (χ2v) is 7.51. The minimum Gasteiger partial charge on any atom is -0.357 e. The van der Waals surface area contributed by atoms with E-state index < -0.39 is 0 Å². The minimum atomic E-state index is 0. The third-order valence-electron chi connectivity index (χ3n) is 4.23. The van der Waals surface area contributed by atoms with Crippen molar-refractivity contribution in [1.29, 1.82) is 0 Å². The first kappa shape index (κ1) is 20.2. The number of fused-ring (bicyclic) bond motifs is 1. The first-order valence-electron chi connectivity index (χ1n) is 8.79. The van der Waals surface area contributed by atoms with Crippen LogP contribution in [0.3, 0.4) is 0 Å². The summed E-state index contributed by atoms with van der Waals surface area (Å²) in [5.74, 6) is 0.881. The van der Waals surface area contributed by atoms with Gasteiger partial charge in [-0.3, -0.25) is 0 Å². The summed E-state index contributed by atoms with van der Waals surface area (Å²) in [6.45, 7) is 6.63. The van der Waals surface area contributed by atoms with Crippen LogP contribution in [0.4, 0.5) is 0 Å². The van der Waals surface area contributed by atoms with Gasteiger partial charge in [0.1, 0.15) is 0 Å². The Morgan fingerprint density at radius 3 is 2.84 bits per heavy atom. The van der Waals surface area contributed by atoms with Crippen molar-refractivity contribution in [1.82, 2.24) is 15.6 Å². The molecule has 0 atom stereocenters. The van der Waals surface area contributed by atoms with Crippen LogP contribution in [0, 0.1) is 6.92 Å². The molecule has 0 unspecified atom stereocenters. The van der Waals surface area contributed by atoms with Crippen LogP contribution >= 0.6 is 35.3 Å². The smallest absolute Gasteiger partial charge is 0.191 e.